The molecule has 1 N–H and O–H groups in total. The van der Waals surface area contributed by atoms with Crippen molar-refractivity contribution in [3.63, 3.8) is 0 Å². The molecule has 98 valence electrons. The predicted octanol–water partition coefficient (Wildman–Crippen LogP) is 1.84. The van der Waals surface area contributed by atoms with Crippen LogP contribution in [0.5, 0.6) is 5.75 Å². The lowest BCUT2D eigenvalue weighted by atomic mass is 10.3. The maximum atomic E-state index is 10.9. The number of methoxy groups -OCH3 is 1. The molecular weight excluding hydrogens is 310 g/mol. The van der Waals surface area contributed by atoms with E-state index in [1.807, 2.05) is 0 Å². The number of rotatable bonds is 6. The van der Waals surface area contributed by atoms with Crippen LogP contribution in [-0.4, -0.2) is 35.8 Å². The van der Waals surface area contributed by atoms with Crippen LogP contribution in [-0.2, 0) is 9.53 Å². The molecule has 0 aliphatic rings. The lowest BCUT2D eigenvalue weighted by molar-refractivity contribution is -0.386. The summed E-state index contributed by atoms with van der Waals surface area (Å²) in [7, 11) is 1.31. The Morgan fingerprint density at radius 3 is 2.78 bits per heavy atom. The number of benzene rings is 1. The quantitative estimate of drug-likeness (QED) is 0.634. The first kappa shape index (κ1) is 14.4. The number of halogens is 1. The van der Waals surface area contributed by atoms with Crippen molar-refractivity contribution in [3.05, 3.63) is 32.8 Å². The van der Waals surface area contributed by atoms with Crippen molar-refractivity contribution >= 4 is 27.6 Å². The Morgan fingerprint density at radius 1 is 1.61 bits per heavy atom. The van der Waals surface area contributed by atoms with E-state index in [1.54, 1.807) is 0 Å². The molecule has 0 amide bonds. The van der Waals surface area contributed by atoms with Crippen LogP contribution < -0.4 is 4.74 Å². The highest BCUT2D eigenvalue weighted by molar-refractivity contribution is 9.10. The third kappa shape index (κ3) is 3.41. The molecule has 18 heavy (non-hydrogen) atoms. The van der Waals surface area contributed by atoms with Gasteiger partial charge in [-0.1, -0.05) is 6.07 Å². The van der Waals surface area contributed by atoms with Gasteiger partial charge in [-0.2, -0.15) is 0 Å². The molecule has 0 aliphatic carbocycles. The summed E-state index contributed by atoms with van der Waals surface area (Å²) < 4.78 is 10.1. The zero-order chi connectivity index (χ0) is 13.7. The highest BCUT2D eigenvalue weighted by atomic mass is 79.9. The van der Waals surface area contributed by atoms with Gasteiger partial charge >= 0.3 is 11.7 Å². The molecule has 0 spiro atoms. The second kappa shape index (κ2) is 6.31. The predicted molar refractivity (Wildman–Crippen MR) is 64.7 cm³/mol. The molecule has 0 bridgehead atoms. The maximum absolute atomic E-state index is 10.9. The summed E-state index contributed by atoms with van der Waals surface area (Å²) in [5.74, 6) is -1.39. The number of nitrogens with zero attached hydrogens (tertiary/aromatic N) is 1. The highest BCUT2D eigenvalue weighted by Gasteiger charge is 2.26. The minimum atomic E-state index is -1.31. The summed E-state index contributed by atoms with van der Waals surface area (Å²) in [6.45, 7) is -0.214. The van der Waals surface area contributed by atoms with Gasteiger partial charge in [-0.15, -0.1) is 0 Å². The summed E-state index contributed by atoms with van der Waals surface area (Å²) in [6, 6.07) is 4.21. The Kier molecular flexibility index (Phi) is 5.05. The van der Waals surface area contributed by atoms with Gasteiger partial charge in [-0.3, -0.25) is 10.1 Å². The van der Waals surface area contributed by atoms with Crippen LogP contribution >= 0.6 is 15.9 Å². The lowest BCUT2D eigenvalue weighted by Crippen LogP contribution is -2.31. The molecule has 0 radical (unpaired) electrons. The molecule has 1 unspecified atom stereocenters. The Hall–Kier alpha value is -1.67. The van der Waals surface area contributed by atoms with Crippen molar-refractivity contribution in [1.82, 2.24) is 0 Å². The molecule has 1 aromatic carbocycles. The first-order valence-electron chi connectivity index (χ1n) is 4.78. The van der Waals surface area contributed by atoms with Crippen molar-refractivity contribution in [2.45, 2.75) is 6.10 Å². The number of nitro groups is 1. The number of nitro benzene ring substituents is 1. The summed E-state index contributed by atoms with van der Waals surface area (Å²) >= 11 is 3.08. The second-order valence-electron chi connectivity index (χ2n) is 3.25. The third-order valence-corrected chi connectivity index (χ3v) is 2.62. The third-order valence-electron chi connectivity index (χ3n) is 2.00. The first-order chi connectivity index (χ1) is 8.47. The van der Waals surface area contributed by atoms with Gasteiger partial charge in [0.2, 0.25) is 11.9 Å². The van der Waals surface area contributed by atoms with E-state index in [-0.39, 0.29) is 18.0 Å². The Labute approximate surface area is 111 Å². The Bertz CT molecular complexity index is 464. The van der Waals surface area contributed by atoms with Crippen molar-refractivity contribution in [3.8, 4) is 5.75 Å². The first-order valence-corrected chi connectivity index (χ1v) is 5.58. The topological polar surface area (TPSA) is 98.9 Å². The lowest BCUT2D eigenvalue weighted by Gasteiger charge is -2.15. The van der Waals surface area contributed by atoms with Gasteiger partial charge in [-0.25, -0.2) is 4.79 Å². The molecule has 0 saturated heterocycles. The molecule has 7 nitrogen and oxygen atoms in total. The molecule has 0 aliphatic heterocycles. The summed E-state index contributed by atoms with van der Waals surface area (Å²) in [6.07, 6.45) is -1.31. The summed E-state index contributed by atoms with van der Waals surface area (Å²) in [5.41, 5.74) is -0.313. The van der Waals surface area contributed by atoms with Crippen LogP contribution in [0.15, 0.2) is 22.7 Å². The minimum absolute atomic E-state index is 0.132. The molecule has 0 aromatic heterocycles. The fourth-order valence-electron chi connectivity index (χ4n) is 1.21. The van der Waals surface area contributed by atoms with Gasteiger partial charge < -0.3 is 14.6 Å². The van der Waals surface area contributed by atoms with Gasteiger partial charge in [-0.05, 0) is 22.0 Å². The van der Waals surface area contributed by atoms with E-state index in [1.165, 1.54) is 25.3 Å². The number of carbonyl (C=O) groups is 1. The van der Waals surface area contributed by atoms with E-state index in [2.05, 4.69) is 20.7 Å². The SMILES string of the molecule is COCC(Oc1c(Br)cccc1[N+](=O)[O-])C(=O)O. The van der Waals surface area contributed by atoms with Crippen molar-refractivity contribution in [1.29, 1.82) is 0 Å². The Morgan fingerprint density at radius 2 is 2.28 bits per heavy atom. The van der Waals surface area contributed by atoms with Crippen LogP contribution in [0, 0.1) is 10.1 Å². The normalized spacial score (nSPS) is 11.9. The molecule has 0 fully saturated rings. The van der Waals surface area contributed by atoms with E-state index in [9.17, 15) is 14.9 Å². The van der Waals surface area contributed by atoms with Crippen LogP contribution in [0.3, 0.4) is 0 Å². The fraction of sp³-hybridized carbons (Fsp3) is 0.300. The number of aliphatic carboxylic acids is 1. The molecule has 8 heteroatoms. The standard InChI is InChI=1S/C10H10BrNO6/c1-17-5-8(10(13)14)18-9-6(11)3-2-4-7(9)12(15)16/h2-4,8H,5H2,1H3,(H,13,14). The molecular formula is C10H10BrNO6. The zero-order valence-electron chi connectivity index (χ0n) is 9.33. The molecule has 1 rings (SSSR count). The maximum Gasteiger partial charge on any atom is 0.347 e. The zero-order valence-corrected chi connectivity index (χ0v) is 10.9. The summed E-state index contributed by atoms with van der Waals surface area (Å²) in [5, 5.41) is 19.7. The summed E-state index contributed by atoms with van der Waals surface area (Å²) in [4.78, 5) is 21.1. The van der Waals surface area contributed by atoms with Gasteiger partial charge in [0.15, 0.2) is 0 Å². The second-order valence-corrected chi connectivity index (χ2v) is 4.10. The van der Waals surface area contributed by atoms with Gasteiger partial charge in [0.05, 0.1) is 16.0 Å². The number of ether oxygens (including phenoxy) is 2. The number of para-hydroxylation sites is 1. The Balaban J connectivity index is 3.08. The van der Waals surface area contributed by atoms with Crippen LogP contribution in [0.25, 0.3) is 0 Å². The van der Waals surface area contributed by atoms with Gasteiger partial charge in [0.25, 0.3) is 0 Å². The number of carboxylic acid groups (broad SMARTS) is 1. The van der Waals surface area contributed by atoms with Crippen molar-refractivity contribution < 1.29 is 24.3 Å². The van der Waals surface area contributed by atoms with Gasteiger partial charge in [0.1, 0.15) is 0 Å². The van der Waals surface area contributed by atoms with Crippen LogP contribution in [0.2, 0.25) is 0 Å². The van der Waals surface area contributed by atoms with E-state index in [4.69, 9.17) is 9.84 Å². The van der Waals surface area contributed by atoms with E-state index in [0.717, 1.165) is 0 Å². The number of carboxylic acids is 1. The molecule has 0 heterocycles. The number of hydrogen-bond acceptors (Lipinski definition) is 5. The minimum Gasteiger partial charge on any atom is -0.478 e. The van der Waals surface area contributed by atoms with E-state index < -0.39 is 17.0 Å². The van der Waals surface area contributed by atoms with E-state index >= 15 is 0 Å². The molecule has 1 aromatic rings. The van der Waals surface area contributed by atoms with E-state index in [0.29, 0.717) is 4.47 Å². The molecule has 1 atom stereocenters. The average Bonchev–Trinajstić information content (AvgIpc) is 2.30. The van der Waals surface area contributed by atoms with Crippen LogP contribution in [0.4, 0.5) is 5.69 Å². The molecule has 0 saturated carbocycles. The van der Waals surface area contributed by atoms with Crippen LogP contribution in [0.1, 0.15) is 0 Å². The largest absolute Gasteiger partial charge is 0.478 e. The average molecular weight is 320 g/mol. The fourth-order valence-corrected chi connectivity index (χ4v) is 1.66. The number of hydrogen-bond donors (Lipinski definition) is 1. The monoisotopic (exact) mass is 319 g/mol. The highest BCUT2D eigenvalue weighted by Crippen LogP contribution is 2.35. The van der Waals surface area contributed by atoms with Crippen molar-refractivity contribution in [2.24, 2.45) is 0 Å². The van der Waals surface area contributed by atoms with Gasteiger partial charge in [0, 0.05) is 13.2 Å². The van der Waals surface area contributed by atoms with Crippen molar-refractivity contribution in [2.75, 3.05) is 13.7 Å². The smallest absolute Gasteiger partial charge is 0.347 e.